The molecule has 1 N–H and O–H groups in total. The number of benzene rings is 1. The van der Waals surface area contributed by atoms with Gasteiger partial charge in [0.1, 0.15) is 0 Å². The van der Waals surface area contributed by atoms with Crippen molar-refractivity contribution in [3.8, 4) is 0 Å². The van der Waals surface area contributed by atoms with E-state index in [9.17, 15) is 4.79 Å². The molecule has 1 aromatic carbocycles. The van der Waals surface area contributed by atoms with Crippen LogP contribution in [0.5, 0.6) is 0 Å². The predicted molar refractivity (Wildman–Crippen MR) is 62.4 cm³/mol. The van der Waals surface area contributed by atoms with E-state index < -0.39 is 6.09 Å². The number of aromatic nitrogens is 1. The van der Waals surface area contributed by atoms with Crippen molar-refractivity contribution >= 4 is 22.7 Å². The molecule has 0 aliphatic carbocycles. The highest BCUT2D eigenvalue weighted by molar-refractivity contribution is 5.89. The average molecular weight is 216 g/mol. The summed E-state index contributed by atoms with van der Waals surface area (Å²) in [4.78, 5) is 15.4. The molecule has 4 heteroatoms. The number of ether oxygens (including phenoxy) is 1. The van der Waals surface area contributed by atoms with Crippen molar-refractivity contribution in [2.24, 2.45) is 0 Å². The Balaban J connectivity index is 2.22. The summed E-state index contributed by atoms with van der Waals surface area (Å²) < 4.78 is 4.79. The Morgan fingerprint density at radius 1 is 1.44 bits per heavy atom. The Kier molecular flexibility index (Phi) is 3.00. The van der Waals surface area contributed by atoms with Gasteiger partial charge in [-0.2, -0.15) is 0 Å². The maximum Gasteiger partial charge on any atom is 0.411 e. The number of hydrogen-bond acceptors (Lipinski definition) is 3. The van der Waals surface area contributed by atoms with Gasteiger partial charge < -0.3 is 4.74 Å². The van der Waals surface area contributed by atoms with E-state index in [0.29, 0.717) is 12.3 Å². The second-order valence-electron chi connectivity index (χ2n) is 3.26. The van der Waals surface area contributed by atoms with E-state index in [1.165, 1.54) is 0 Å². The average Bonchev–Trinajstić information content (AvgIpc) is 2.29. The molecule has 1 amide bonds. The second kappa shape index (κ2) is 4.61. The minimum absolute atomic E-state index is 0.362. The van der Waals surface area contributed by atoms with Gasteiger partial charge in [-0.15, -0.1) is 0 Å². The van der Waals surface area contributed by atoms with Crippen molar-refractivity contribution in [2.45, 2.75) is 6.92 Å². The van der Waals surface area contributed by atoms with E-state index >= 15 is 0 Å². The van der Waals surface area contributed by atoms with Crippen molar-refractivity contribution in [2.75, 3.05) is 11.9 Å². The number of rotatable bonds is 2. The zero-order valence-electron chi connectivity index (χ0n) is 8.93. The lowest BCUT2D eigenvalue weighted by atomic mass is 10.2. The number of fused-ring (bicyclic) bond motifs is 1. The van der Waals surface area contributed by atoms with Gasteiger partial charge in [-0.3, -0.25) is 10.3 Å². The number of nitrogens with one attached hydrogen (secondary N) is 1. The largest absolute Gasteiger partial charge is 0.450 e. The minimum Gasteiger partial charge on any atom is -0.450 e. The summed E-state index contributed by atoms with van der Waals surface area (Å²) in [5.74, 6) is 0. The molecule has 0 atom stereocenters. The third-order valence-corrected chi connectivity index (χ3v) is 2.12. The molecule has 0 unspecified atom stereocenters. The highest BCUT2D eigenvalue weighted by Crippen LogP contribution is 2.16. The monoisotopic (exact) mass is 216 g/mol. The first kappa shape index (κ1) is 10.4. The van der Waals surface area contributed by atoms with Crippen LogP contribution >= 0.6 is 0 Å². The Hall–Kier alpha value is -2.10. The first-order valence-electron chi connectivity index (χ1n) is 5.08. The van der Waals surface area contributed by atoms with Crippen molar-refractivity contribution in [1.82, 2.24) is 4.98 Å². The van der Waals surface area contributed by atoms with E-state index in [0.717, 1.165) is 10.9 Å². The Morgan fingerprint density at radius 2 is 2.31 bits per heavy atom. The van der Waals surface area contributed by atoms with Crippen LogP contribution in [-0.2, 0) is 4.74 Å². The highest BCUT2D eigenvalue weighted by atomic mass is 16.5. The first-order valence-corrected chi connectivity index (χ1v) is 5.08. The summed E-state index contributed by atoms with van der Waals surface area (Å²) in [6.07, 6.45) is 1.30. The number of pyridine rings is 1. The summed E-state index contributed by atoms with van der Waals surface area (Å²) in [6, 6.07) is 9.32. The molecule has 0 spiro atoms. The van der Waals surface area contributed by atoms with Crippen molar-refractivity contribution < 1.29 is 9.53 Å². The van der Waals surface area contributed by atoms with E-state index in [4.69, 9.17) is 4.74 Å². The molecule has 0 aliphatic rings. The summed E-state index contributed by atoms with van der Waals surface area (Å²) in [5.41, 5.74) is 1.61. The topological polar surface area (TPSA) is 51.2 Å². The van der Waals surface area contributed by atoms with Crippen LogP contribution in [0, 0.1) is 0 Å². The van der Waals surface area contributed by atoms with Gasteiger partial charge in [-0.05, 0) is 31.2 Å². The summed E-state index contributed by atoms with van der Waals surface area (Å²) in [7, 11) is 0. The van der Waals surface area contributed by atoms with E-state index in [1.807, 2.05) is 24.3 Å². The van der Waals surface area contributed by atoms with Crippen LogP contribution in [0.2, 0.25) is 0 Å². The van der Waals surface area contributed by atoms with Crippen LogP contribution in [0.3, 0.4) is 0 Å². The van der Waals surface area contributed by atoms with Crippen LogP contribution < -0.4 is 5.32 Å². The lowest BCUT2D eigenvalue weighted by Gasteiger charge is -2.05. The molecular formula is C12H12N2O2. The molecule has 1 aromatic heterocycles. The van der Waals surface area contributed by atoms with Crippen LogP contribution in [0.1, 0.15) is 6.92 Å². The number of nitrogens with zero attached hydrogens (tertiary/aromatic N) is 1. The smallest absolute Gasteiger partial charge is 0.411 e. The molecule has 0 saturated heterocycles. The number of carbonyl (C=O) groups is 1. The lowest BCUT2D eigenvalue weighted by Crippen LogP contribution is -2.13. The van der Waals surface area contributed by atoms with Crippen molar-refractivity contribution in [3.63, 3.8) is 0 Å². The number of amides is 1. The minimum atomic E-state index is -0.439. The number of carbonyl (C=O) groups excluding carboxylic acids is 1. The van der Waals surface area contributed by atoms with Crippen LogP contribution in [0.4, 0.5) is 10.5 Å². The third kappa shape index (κ3) is 2.28. The Labute approximate surface area is 93.3 Å². The van der Waals surface area contributed by atoms with Gasteiger partial charge >= 0.3 is 6.09 Å². The van der Waals surface area contributed by atoms with Gasteiger partial charge in [-0.1, -0.05) is 6.07 Å². The predicted octanol–water partition coefficient (Wildman–Crippen LogP) is 2.80. The van der Waals surface area contributed by atoms with Gasteiger partial charge in [0, 0.05) is 17.3 Å². The van der Waals surface area contributed by atoms with Crippen LogP contribution in [-0.4, -0.2) is 17.7 Å². The number of hydrogen-bond donors (Lipinski definition) is 1. The second-order valence-corrected chi connectivity index (χ2v) is 3.26. The molecule has 0 aliphatic heterocycles. The highest BCUT2D eigenvalue weighted by Gasteiger charge is 2.02. The van der Waals surface area contributed by atoms with Gasteiger partial charge in [0.2, 0.25) is 0 Å². The standard InChI is InChI=1S/C12H12N2O2/c1-2-16-12(15)14-10-5-6-11-9(8-10)4-3-7-13-11/h3-8H,2H2,1H3,(H,14,15). The van der Waals surface area contributed by atoms with E-state index in [-0.39, 0.29) is 0 Å². The molecule has 2 aromatic rings. The molecule has 82 valence electrons. The van der Waals surface area contributed by atoms with Gasteiger partial charge in [0.25, 0.3) is 0 Å². The van der Waals surface area contributed by atoms with E-state index in [1.54, 1.807) is 19.2 Å². The molecule has 2 rings (SSSR count). The maximum absolute atomic E-state index is 11.2. The number of anilines is 1. The molecule has 16 heavy (non-hydrogen) atoms. The fourth-order valence-electron chi connectivity index (χ4n) is 1.44. The van der Waals surface area contributed by atoms with Crippen LogP contribution in [0.15, 0.2) is 36.5 Å². The molecular weight excluding hydrogens is 204 g/mol. The Morgan fingerprint density at radius 3 is 3.12 bits per heavy atom. The normalized spacial score (nSPS) is 10.1. The first-order chi connectivity index (χ1) is 7.79. The molecule has 0 saturated carbocycles. The quantitative estimate of drug-likeness (QED) is 0.839. The fraction of sp³-hybridized carbons (Fsp3) is 0.167. The van der Waals surface area contributed by atoms with Crippen molar-refractivity contribution in [1.29, 1.82) is 0 Å². The maximum atomic E-state index is 11.2. The zero-order valence-corrected chi connectivity index (χ0v) is 8.93. The molecule has 1 heterocycles. The molecule has 0 radical (unpaired) electrons. The van der Waals surface area contributed by atoms with Gasteiger partial charge in [-0.25, -0.2) is 4.79 Å². The summed E-state index contributed by atoms with van der Waals surface area (Å²) in [6.45, 7) is 2.13. The van der Waals surface area contributed by atoms with E-state index in [2.05, 4.69) is 10.3 Å². The lowest BCUT2D eigenvalue weighted by molar-refractivity contribution is 0.168. The molecule has 0 bridgehead atoms. The molecule has 0 fully saturated rings. The van der Waals surface area contributed by atoms with Crippen LogP contribution in [0.25, 0.3) is 10.9 Å². The summed E-state index contributed by atoms with van der Waals surface area (Å²) >= 11 is 0. The zero-order chi connectivity index (χ0) is 11.4. The fourth-order valence-corrected chi connectivity index (χ4v) is 1.44. The van der Waals surface area contributed by atoms with Gasteiger partial charge in [0.15, 0.2) is 0 Å². The molecule has 4 nitrogen and oxygen atoms in total. The Bertz CT molecular complexity index is 511. The van der Waals surface area contributed by atoms with Gasteiger partial charge in [0.05, 0.1) is 12.1 Å². The summed E-state index contributed by atoms with van der Waals surface area (Å²) in [5, 5.41) is 3.63. The SMILES string of the molecule is CCOC(=O)Nc1ccc2ncccc2c1. The third-order valence-electron chi connectivity index (χ3n) is 2.12. The van der Waals surface area contributed by atoms with Crippen molar-refractivity contribution in [3.05, 3.63) is 36.5 Å².